The molecule has 0 aromatic heterocycles. The highest BCUT2D eigenvalue weighted by Gasteiger charge is 2.12. The molecule has 0 bridgehead atoms. The van der Waals surface area contributed by atoms with Crippen LogP contribution < -0.4 is 16.0 Å². The summed E-state index contributed by atoms with van der Waals surface area (Å²) in [7, 11) is 0. The molecule has 5 nitrogen and oxygen atoms in total. The summed E-state index contributed by atoms with van der Waals surface area (Å²) in [6.45, 7) is 5.44. The number of carbonyl (C=O) groups excluding carboxylic acids is 1. The van der Waals surface area contributed by atoms with Crippen molar-refractivity contribution in [2.75, 3.05) is 31.6 Å². The minimum Gasteiger partial charge on any atom is -0.378 e. The Labute approximate surface area is 126 Å². The number of hydrogen-bond acceptors (Lipinski definition) is 3. The largest absolute Gasteiger partial charge is 0.378 e. The monoisotopic (exact) mass is 291 g/mol. The minimum absolute atomic E-state index is 0.166. The number of piperidine rings is 1. The average Bonchev–Trinajstić information content (AvgIpc) is 2.50. The maximum Gasteiger partial charge on any atom is 0.319 e. The Balaban J connectivity index is 1.53. The summed E-state index contributed by atoms with van der Waals surface area (Å²) in [4.78, 5) is 11.7. The van der Waals surface area contributed by atoms with Gasteiger partial charge >= 0.3 is 6.03 Å². The molecule has 1 saturated heterocycles. The first kappa shape index (κ1) is 15.8. The van der Waals surface area contributed by atoms with E-state index in [2.05, 4.69) is 16.0 Å². The first-order valence-electron chi connectivity index (χ1n) is 7.68. The number of benzene rings is 1. The van der Waals surface area contributed by atoms with Crippen LogP contribution >= 0.6 is 0 Å². The third-order valence-corrected chi connectivity index (χ3v) is 3.56. The van der Waals surface area contributed by atoms with Crippen LogP contribution in [0.3, 0.4) is 0 Å². The molecule has 0 aliphatic carbocycles. The SMILES string of the molecule is Cc1ccc(NC(=O)NCCCOC2CCNCC2)cc1. The topological polar surface area (TPSA) is 62.4 Å². The molecule has 1 aliphatic rings. The van der Waals surface area contributed by atoms with Crippen molar-refractivity contribution in [3.05, 3.63) is 29.8 Å². The van der Waals surface area contributed by atoms with Gasteiger partial charge in [0, 0.05) is 18.8 Å². The van der Waals surface area contributed by atoms with Crippen molar-refractivity contribution in [3.63, 3.8) is 0 Å². The van der Waals surface area contributed by atoms with Crippen LogP contribution in [0.4, 0.5) is 10.5 Å². The van der Waals surface area contributed by atoms with Gasteiger partial charge in [-0.2, -0.15) is 0 Å². The number of rotatable bonds is 6. The van der Waals surface area contributed by atoms with Crippen molar-refractivity contribution < 1.29 is 9.53 Å². The number of hydrogen-bond donors (Lipinski definition) is 3. The second-order valence-electron chi connectivity index (χ2n) is 5.42. The second-order valence-corrected chi connectivity index (χ2v) is 5.42. The van der Waals surface area contributed by atoms with Gasteiger partial charge < -0.3 is 20.7 Å². The van der Waals surface area contributed by atoms with E-state index in [0.717, 1.165) is 38.0 Å². The molecule has 1 heterocycles. The summed E-state index contributed by atoms with van der Waals surface area (Å²) in [5.41, 5.74) is 1.99. The quantitative estimate of drug-likeness (QED) is 0.705. The summed E-state index contributed by atoms with van der Waals surface area (Å²) < 4.78 is 5.78. The van der Waals surface area contributed by atoms with Crippen LogP contribution in [-0.2, 0) is 4.74 Å². The van der Waals surface area contributed by atoms with Gasteiger partial charge in [0.1, 0.15) is 0 Å². The Bertz CT molecular complexity index is 428. The van der Waals surface area contributed by atoms with E-state index in [9.17, 15) is 4.79 Å². The second kappa shape index (κ2) is 8.64. The molecule has 1 aromatic carbocycles. The van der Waals surface area contributed by atoms with Crippen molar-refractivity contribution in [1.82, 2.24) is 10.6 Å². The van der Waals surface area contributed by atoms with Crippen LogP contribution in [0.25, 0.3) is 0 Å². The number of nitrogens with one attached hydrogen (secondary N) is 3. The van der Waals surface area contributed by atoms with E-state index in [1.165, 1.54) is 5.56 Å². The highest BCUT2D eigenvalue weighted by Crippen LogP contribution is 2.08. The molecule has 1 aliphatic heterocycles. The van der Waals surface area contributed by atoms with Crippen molar-refractivity contribution in [2.45, 2.75) is 32.3 Å². The zero-order valence-electron chi connectivity index (χ0n) is 12.7. The zero-order chi connectivity index (χ0) is 14.9. The predicted molar refractivity (Wildman–Crippen MR) is 84.7 cm³/mol. The number of carbonyl (C=O) groups is 1. The van der Waals surface area contributed by atoms with E-state index in [0.29, 0.717) is 19.3 Å². The predicted octanol–water partition coefficient (Wildman–Crippen LogP) is 2.28. The summed E-state index contributed by atoms with van der Waals surface area (Å²) in [5, 5.41) is 8.96. The van der Waals surface area contributed by atoms with Crippen molar-refractivity contribution >= 4 is 11.7 Å². The lowest BCUT2D eigenvalue weighted by atomic mass is 10.1. The molecular formula is C16H25N3O2. The zero-order valence-corrected chi connectivity index (χ0v) is 12.7. The molecule has 2 rings (SSSR count). The summed E-state index contributed by atoms with van der Waals surface area (Å²) in [6.07, 6.45) is 3.39. The van der Waals surface area contributed by atoms with Crippen LogP contribution in [0.1, 0.15) is 24.8 Å². The van der Waals surface area contributed by atoms with E-state index in [1.807, 2.05) is 31.2 Å². The summed E-state index contributed by atoms with van der Waals surface area (Å²) in [6, 6.07) is 7.58. The lowest BCUT2D eigenvalue weighted by Gasteiger charge is -2.22. The fourth-order valence-electron chi connectivity index (χ4n) is 2.30. The Morgan fingerprint density at radius 1 is 1.29 bits per heavy atom. The Hall–Kier alpha value is -1.59. The Morgan fingerprint density at radius 3 is 2.71 bits per heavy atom. The molecule has 1 aromatic rings. The normalized spacial score (nSPS) is 15.7. The number of amides is 2. The molecule has 0 atom stereocenters. The highest BCUT2D eigenvalue weighted by molar-refractivity contribution is 5.89. The van der Waals surface area contributed by atoms with Crippen molar-refractivity contribution in [2.24, 2.45) is 0 Å². The number of ether oxygens (including phenoxy) is 1. The molecule has 1 fully saturated rings. The molecule has 116 valence electrons. The fraction of sp³-hybridized carbons (Fsp3) is 0.562. The molecule has 0 radical (unpaired) electrons. The molecule has 0 spiro atoms. The van der Waals surface area contributed by atoms with E-state index in [-0.39, 0.29) is 6.03 Å². The molecule has 0 unspecified atom stereocenters. The van der Waals surface area contributed by atoms with Gasteiger partial charge in [-0.05, 0) is 51.4 Å². The third kappa shape index (κ3) is 6.14. The maximum absolute atomic E-state index is 11.7. The third-order valence-electron chi connectivity index (χ3n) is 3.56. The van der Waals surface area contributed by atoms with Gasteiger partial charge in [-0.25, -0.2) is 4.79 Å². The highest BCUT2D eigenvalue weighted by atomic mass is 16.5. The maximum atomic E-state index is 11.7. The minimum atomic E-state index is -0.166. The molecule has 5 heteroatoms. The van der Waals surface area contributed by atoms with Gasteiger partial charge in [0.05, 0.1) is 6.10 Å². The standard InChI is InChI=1S/C16H25N3O2/c1-13-3-5-14(6-4-13)19-16(20)18-9-2-12-21-15-7-10-17-11-8-15/h3-6,15,17H,2,7-12H2,1H3,(H2,18,19,20). The first-order valence-corrected chi connectivity index (χ1v) is 7.68. The molecule has 3 N–H and O–H groups in total. The van der Waals surface area contributed by atoms with Crippen LogP contribution in [0.5, 0.6) is 0 Å². The molecule has 0 saturated carbocycles. The summed E-state index contributed by atoms with van der Waals surface area (Å²) in [5.74, 6) is 0. The molecule has 21 heavy (non-hydrogen) atoms. The van der Waals surface area contributed by atoms with Crippen LogP contribution in [0.2, 0.25) is 0 Å². The molecular weight excluding hydrogens is 266 g/mol. The van der Waals surface area contributed by atoms with E-state index < -0.39 is 0 Å². The number of urea groups is 1. The van der Waals surface area contributed by atoms with Crippen LogP contribution in [-0.4, -0.2) is 38.4 Å². The van der Waals surface area contributed by atoms with Gasteiger partial charge in [-0.3, -0.25) is 0 Å². The average molecular weight is 291 g/mol. The van der Waals surface area contributed by atoms with Gasteiger partial charge in [0.2, 0.25) is 0 Å². The van der Waals surface area contributed by atoms with E-state index >= 15 is 0 Å². The van der Waals surface area contributed by atoms with Gasteiger partial charge in [0.25, 0.3) is 0 Å². The fourth-order valence-corrected chi connectivity index (χ4v) is 2.30. The number of anilines is 1. The Kier molecular flexibility index (Phi) is 6.50. The van der Waals surface area contributed by atoms with Gasteiger partial charge in [0.15, 0.2) is 0 Å². The lowest BCUT2D eigenvalue weighted by molar-refractivity contribution is 0.0321. The smallest absolute Gasteiger partial charge is 0.319 e. The van der Waals surface area contributed by atoms with Crippen molar-refractivity contribution in [1.29, 1.82) is 0 Å². The van der Waals surface area contributed by atoms with E-state index in [4.69, 9.17) is 4.74 Å². The Morgan fingerprint density at radius 2 is 2.00 bits per heavy atom. The number of aryl methyl sites for hydroxylation is 1. The van der Waals surface area contributed by atoms with Crippen LogP contribution in [0.15, 0.2) is 24.3 Å². The first-order chi connectivity index (χ1) is 10.2. The van der Waals surface area contributed by atoms with Gasteiger partial charge in [-0.15, -0.1) is 0 Å². The lowest BCUT2D eigenvalue weighted by Crippen LogP contribution is -2.33. The van der Waals surface area contributed by atoms with E-state index in [1.54, 1.807) is 0 Å². The summed E-state index contributed by atoms with van der Waals surface area (Å²) >= 11 is 0. The van der Waals surface area contributed by atoms with Gasteiger partial charge in [-0.1, -0.05) is 17.7 Å². The van der Waals surface area contributed by atoms with Crippen LogP contribution in [0, 0.1) is 6.92 Å². The van der Waals surface area contributed by atoms with Crippen molar-refractivity contribution in [3.8, 4) is 0 Å². The molecule has 2 amide bonds.